The van der Waals surface area contributed by atoms with Crippen LogP contribution < -0.4 is 0 Å². The van der Waals surface area contributed by atoms with E-state index in [1.54, 1.807) is 0 Å². The summed E-state index contributed by atoms with van der Waals surface area (Å²) in [5.74, 6) is 0. The molecular formula is C4H4Br2Cl2. The van der Waals surface area contributed by atoms with Crippen molar-refractivity contribution in [1.82, 2.24) is 0 Å². The number of hydrogen-bond donors (Lipinski definition) is 0. The Labute approximate surface area is 75.5 Å². The van der Waals surface area contributed by atoms with E-state index < -0.39 is 0 Å². The van der Waals surface area contributed by atoms with E-state index in [9.17, 15) is 0 Å². The summed E-state index contributed by atoms with van der Waals surface area (Å²) in [6.07, 6.45) is 0. The van der Waals surface area contributed by atoms with Gasteiger partial charge in [-0.2, -0.15) is 0 Å². The van der Waals surface area contributed by atoms with Gasteiger partial charge >= 0.3 is 0 Å². The van der Waals surface area contributed by atoms with Crippen molar-refractivity contribution in [2.45, 2.75) is 11.8 Å². The molecule has 0 bridgehead atoms. The molecule has 0 N–H and O–H groups in total. The summed E-state index contributed by atoms with van der Waals surface area (Å²) in [4.78, 5) is 0.187. The number of rotatable bonds is 1. The molecular weight excluding hydrogens is 279 g/mol. The van der Waals surface area contributed by atoms with Gasteiger partial charge in [0.1, 0.15) is 4.49 Å². The van der Waals surface area contributed by atoms with Gasteiger partial charge in [0.2, 0.25) is 0 Å². The minimum Gasteiger partial charge on any atom is -0.0835 e. The molecule has 0 aliphatic carbocycles. The Hall–Kier alpha value is 1.28. The molecule has 0 amide bonds. The Morgan fingerprint density at radius 1 is 1.50 bits per heavy atom. The SMILES string of the molecule is CC(Br)C(Br)=C(Cl)Cl. The maximum Gasteiger partial charge on any atom is 0.118 e. The molecule has 0 aliphatic heterocycles. The van der Waals surface area contributed by atoms with Gasteiger partial charge in [-0.1, -0.05) is 55.1 Å². The van der Waals surface area contributed by atoms with E-state index in [2.05, 4.69) is 31.9 Å². The molecule has 0 aliphatic rings. The van der Waals surface area contributed by atoms with Crippen molar-refractivity contribution in [3.05, 3.63) is 8.97 Å². The van der Waals surface area contributed by atoms with Crippen molar-refractivity contribution in [3.63, 3.8) is 0 Å². The number of alkyl halides is 1. The molecule has 48 valence electrons. The van der Waals surface area contributed by atoms with Crippen molar-refractivity contribution < 1.29 is 0 Å². The smallest absolute Gasteiger partial charge is 0.0835 e. The van der Waals surface area contributed by atoms with Crippen LogP contribution in [0.5, 0.6) is 0 Å². The van der Waals surface area contributed by atoms with Gasteiger partial charge in [0, 0.05) is 9.31 Å². The van der Waals surface area contributed by atoms with Gasteiger partial charge in [0.05, 0.1) is 0 Å². The van der Waals surface area contributed by atoms with Gasteiger partial charge in [0.15, 0.2) is 0 Å². The van der Waals surface area contributed by atoms with Crippen LogP contribution in [0, 0.1) is 0 Å². The molecule has 0 aromatic heterocycles. The minimum absolute atomic E-state index is 0.187. The van der Waals surface area contributed by atoms with E-state index in [1.165, 1.54) is 0 Å². The van der Waals surface area contributed by atoms with Gasteiger partial charge in [0.25, 0.3) is 0 Å². The molecule has 0 fully saturated rings. The predicted molar refractivity (Wildman–Crippen MR) is 46.0 cm³/mol. The van der Waals surface area contributed by atoms with Crippen molar-refractivity contribution in [2.24, 2.45) is 0 Å². The van der Waals surface area contributed by atoms with Crippen molar-refractivity contribution in [3.8, 4) is 0 Å². The predicted octanol–water partition coefficient (Wildman–Crippen LogP) is 3.81. The zero-order chi connectivity index (χ0) is 6.73. The summed E-state index contributed by atoms with van der Waals surface area (Å²) >= 11 is 17.2. The molecule has 0 saturated carbocycles. The van der Waals surface area contributed by atoms with Crippen LogP contribution in [-0.4, -0.2) is 4.83 Å². The van der Waals surface area contributed by atoms with Crippen molar-refractivity contribution in [2.75, 3.05) is 0 Å². The molecule has 1 unspecified atom stereocenters. The molecule has 0 aromatic rings. The molecule has 0 spiro atoms. The van der Waals surface area contributed by atoms with E-state index in [0.29, 0.717) is 0 Å². The van der Waals surface area contributed by atoms with E-state index >= 15 is 0 Å². The molecule has 0 radical (unpaired) electrons. The fourth-order valence-corrected chi connectivity index (χ4v) is 0.970. The molecule has 0 saturated heterocycles. The molecule has 4 heteroatoms. The van der Waals surface area contributed by atoms with E-state index in [4.69, 9.17) is 23.2 Å². The van der Waals surface area contributed by atoms with Crippen LogP contribution in [-0.2, 0) is 0 Å². The molecule has 0 nitrogen and oxygen atoms in total. The summed E-state index contributed by atoms with van der Waals surface area (Å²) in [5.41, 5.74) is 0. The lowest BCUT2D eigenvalue weighted by molar-refractivity contribution is 1.26. The lowest BCUT2D eigenvalue weighted by atomic mass is 10.5. The van der Waals surface area contributed by atoms with Crippen molar-refractivity contribution >= 4 is 55.1 Å². The minimum atomic E-state index is 0.187. The first kappa shape index (κ1) is 9.28. The van der Waals surface area contributed by atoms with Crippen LogP contribution >= 0.6 is 55.1 Å². The third-order valence-corrected chi connectivity index (χ3v) is 3.55. The first-order chi connectivity index (χ1) is 3.55. The number of hydrogen-bond acceptors (Lipinski definition) is 0. The second kappa shape index (κ2) is 4.15. The third kappa shape index (κ3) is 3.33. The summed E-state index contributed by atoms with van der Waals surface area (Å²) in [5, 5.41) is 0. The third-order valence-electron chi connectivity index (χ3n) is 0.530. The molecule has 0 rings (SSSR count). The highest BCUT2D eigenvalue weighted by atomic mass is 79.9. The summed E-state index contributed by atoms with van der Waals surface area (Å²) in [7, 11) is 0. The first-order valence-electron chi connectivity index (χ1n) is 1.90. The summed E-state index contributed by atoms with van der Waals surface area (Å²) in [6.45, 7) is 1.93. The highest BCUT2D eigenvalue weighted by Gasteiger charge is 2.03. The van der Waals surface area contributed by atoms with Crippen LogP contribution in [0.3, 0.4) is 0 Å². The van der Waals surface area contributed by atoms with E-state index in [0.717, 1.165) is 4.48 Å². The van der Waals surface area contributed by atoms with Crippen molar-refractivity contribution in [1.29, 1.82) is 0 Å². The monoisotopic (exact) mass is 280 g/mol. The Balaban J connectivity index is 4.00. The lowest BCUT2D eigenvalue weighted by Gasteiger charge is -1.98. The molecule has 1 atom stereocenters. The lowest BCUT2D eigenvalue weighted by Crippen LogP contribution is -1.87. The Bertz CT molecular complexity index is 105. The average molecular weight is 283 g/mol. The van der Waals surface area contributed by atoms with Gasteiger partial charge in [-0.3, -0.25) is 0 Å². The average Bonchev–Trinajstić information content (AvgIpc) is 1.64. The molecule has 0 aromatic carbocycles. The second-order valence-corrected chi connectivity index (χ2v) is 4.40. The van der Waals surface area contributed by atoms with Crippen LogP contribution in [0.15, 0.2) is 8.97 Å². The Morgan fingerprint density at radius 2 is 1.88 bits per heavy atom. The summed E-state index contributed by atoms with van der Waals surface area (Å²) in [6, 6.07) is 0. The Morgan fingerprint density at radius 3 is 1.88 bits per heavy atom. The zero-order valence-electron chi connectivity index (χ0n) is 4.09. The largest absolute Gasteiger partial charge is 0.118 e. The zero-order valence-corrected chi connectivity index (χ0v) is 8.77. The van der Waals surface area contributed by atoms with Crippen LogP contribution in [0.1, 0.15) is 6.92 Å². The standard InChI is InChI=1S/C4H4Br2Cl2/c1-2(5)3(6)4(7)8/h2H,1H3. The molecule has 8 heavy (non-hydrogen) atoms. The highest BCUT2D eigenvalue weighted by Crippen LogP contribution is 2.26. The Kier molecular flexibility index (Phi) is 4.82. The number of halogens is 4. The van der Waals surface area contributed by atoms with E-state index in [-0.39, 0.29) is 9.32 Å². The maximum atomic E-state index is 5.39. The first-order valence-corrected chi connectivity index (χ1v) is 4.37. The van der Waals surface area contributed by atoms with Gasteiger partial charge < -0.3 is 0 Å². The normalized spacial score (nSPS) is 13.1. The van der Waals surface area contributed by atoms with Gasteiger partial charge in [-0.15, -0.1) is 0 Å². The van der Waals surface area contributed by atoms with Gasteiger partial charge in [-0.05, 0) is 6.92 Å². The maximum absolute atomic E-state index is 5.39. The topological polar surface area (TPSA) is 0 Å². The second-order valence-electron chi connectivity index (χ2n) is 1.22. The van der Waals surface area contributed by atoms with Crippen LogP contribution in [0.4, 0.5) is 0 Å². The fourth-order valence-electron chi connectivity index (χ4n) is 0.150. The van der Waals surface area contributed by atoms with Crippen LogP contribution in [0.25, 0.3) is 0 Å². The number of allylic oxidation sites excluding steroid dienone is 1. The quantitative estimate of drug-likeness (QED) is 0.642. The van der Waals surface area contributed by atoms with Crippen LogP contribution in [0.2, 0.25) is 0 Å². The van der Waals surface area contributed by atoms with E-state index in [1.807, 2.05) is 6.92 Å². The molecule has 0 heterocycles. The van der Waals surface area contributed by atoms with Gasteiger partial charge in [-0.25, -0.2) is 0 Å². The summed E-state index contributed by atoms with van der Waals surface area (Å²) < 4.78 is 1.05. The highest BCUT2D eigenvalue weighted by molar-refractivity contribution is 9.14. The fraction of sp³-hybridized carbons (Fsp3) is 0.500.